The van der Waals surface area contributed by atoms with E-state index < -0.39 is 11.9 Å². The molecule has 0 aromatic carbocycles. The molecular formula is C15H19N3O5S. The average molecular weight is 353 g/mol. The number of anilines is 1. The van der Waals surface area contributed by atoms with Crippen LogP contribution in [0.4, 0.5) is 5.82 Å². The summed E-state index contributed by atoms with van der Waals surface area (Å²) < 4.78 is 10.0. The monoisotopic (exact) mass is 353 g/mol. The topological polar surface area (TPSA) is 102 Å². The van der Waals surface area contributed by atoms with E-state index in [4.69, 9.17) is 14.6 Å². The summed E-state index contributed by atoms with van der Waals surface area (Å²) in [5.41, 5.74) is 0.732. The van der Waals surface area contributed by atoms with Crippen molar-refractivity contribution < 1.29 is 24.2 Å². The number of carboxylic acids is 1. The molecule has 8 nitrogen and oxygen atoms in total. The zero-order chi connectivity index (χ0) is 17.7. The molecule has 0 amide bonds. The lowest BCUT2D eigenvalue weighted by Gasteiger charge is -2.18. The number of aromatic nitrogens is 2. The molecule has 0 saturated heterocycles. The molecule has 9 heteroatoms. The maximum atomic E-state index is 12.2. The van der Waals surface area contributed by atoms with Gasteiger partial charge >= 0.3 is 11.9 Å². The van der Waals surface area contributed by atoms with E-state index >= 15 is 0 Å². The van der Waals surface area contributed by atoms with Crippen LogP contribution >= 0.6 is 11.3 Å². The molecule has 2 rings (SSSR count). The van der Waals surface area contributed by atoms with Crippen LogP contribution in [0.5, 0.6) is 0 Å². The van der Waals surface area contributed by atoms with E-state index in [1.165, 1.54) is 24.8 Å². The Bertz CT molecular complexity index is 746. The van der Waals surface area contributed by atoms with Gasteiger partial charge in [-0.3, -0.25) is 4.79 Å². The number of ether oxygens (including phenoxy) is 2. The summed E-state index contributed by atoms with van der Waals surface area (Å²) in [7, 11) is 3.30. The van der Waals surface area contributed by atoms with Gasteiger partial charge in [-0.15, -0.1) is 11.3 Å². The molecule has 0 aliphatic rings. The highest BCUT2D eigenvalue weighted by molar-refractivity contribution is 7.20. The highest BCUT2D eigenvalue weighted by Gasteiger charge is 2.21. The van der Waals surface area contributed by atoms with Crippen molar-refractivity contribution in [2.24, 2.45) is 0 Å². The molecule has 0 spiro atoms. The van der Waals surface area contributed by atoms with Crippen molar-refractivity contribution in [3.8, 4) is 0 Å². The minimum absolute atomic E-state index is 0.00288. The third-order valence-electron chi connectivity index (χ3n) is 3.44. The summed E-state index contributed by atoms with van der Waals surface area (Å²) in [5, 5.41) is 9.57. The summed E-state index contributed by atoms with van der Waals surface area (Å²) in [4.78, 5) is 34.3. The summed E-state index contributed by atoms with van der Waals surface area (Å²) in [6, 6.07) is 0. The average Bonchev–Trinajstić information content (AvgIpc) is 2.90. The van der Waals surface area contributed by atoms with Crippen molar-refractivity contribution in [1.82, 2.24) is 9.97 Å². The van der Waals surface area contributed by atoms with Crippen LogP contribution in [0, 0.1) is 6.92 Å². The predicted octanol–water partition coefficient (Wildman–Crippen LogP) is 1.71. The number of nitrogens with zero attached hydrogens (tertiary/aromatic N) is 3. The molecule has 0 saturated carbocycles. The van der Waals surface area contributed by atoms with Gasteiger partial charge < -0.3 is 19.5 Å². The van der Waals surface area contributed by atoms with E-state index in [9.17, 15) is 9.59 Å². The SMILES string of the molecule is COCCOC(=O)c1sc2ncnc(N(C)CCC(=O)O)c2c1C. The number of aryl methyl sites for hydroxylation is 1. The maximum Gasteiger partial charge on any atom is 0.348 e. The number of fused-ring (bicyclic) bond motifs is 1. The molecular weight excluding hydrogens is 334 g/mol. The van der Waals surface area contributed by atoms with E-state index in [2.05, 4.69) is 9.97 Å². The molecule has 0 radical (unpaired) electrons. The molecule has 24 heavy (non-hydrogen) atoms. The molecule has 0 aliphatic carbocycles. The summed E-state index contributed by atoms with van der Waals surface area (Å²) in [6.07, 6.45) is 1.40. The van der Waals surface area contributed by atoms with Crippen LogP contribution in [0.3, 0.4) is 0 Å². The minimum atomic E-state index is -0.878. The summed E-state index contributed by atoms with van der Waals surface area (Å²) >= 11 is 1.24. The van der Waals surface area contributed by atoms with E-state index in [0.29, 0.717) is 28.7 Å². The fraction of sp³-hybridized carbons (Fsp3) is 0.467. The van der Waals surface area contributed by atoms with E-state index in [1.54, 1.807) is 11.9 Å². The number of aliphatic carboxylic acids is 1. The van der Waals surface area contributed by atoms with Gasteiger partial charge in [-0.1, -0.05) is 0 Å². The van der Waals surface area contributed by atoms with Crippen molar-refractivity contribution >= 4 is 39.3 Å². The quantitative estimate of drug-likeness (QED) is 0.565. The Balaban J connectivity index is 2.31. The Morgan fingerprint density at radius 3 is 2.75 bits per heavy atom. The van der Waals surface area contributed by atoms with Gasteiger partial charge in [0, 0.05) is 20.7 Å². The van der Waals surface area contributed by atoms with Crippen molar-refractivity contribution in [1.29, 1.82) is 0 Å². The van der Waals surface area contributed by atoms with Crippen molar-refractivity contribution in [2.75, 3.05) is 38.8 Å². The molecule has 2 aromatic rings. The normalized spacial score (nSPS) is 10.8. The molecule has 0 unspecified atom stereocenters. The van der Waals surface area contributed by atoms with Crippen LogP contribution in [0.15, 0.2) is 6.33 Å². The third-order valence-corrected chi connectivity index (χ3v) is 4.62. The van der Waals surface area contributed by atoms with Gasteiger partial charge in [-0.2, -0.15) is 0 Å². The third kappa shape index (κ3) is 3.98. The van der Waals surface area contributed by atoms with Gasteiger partial charge in [0.15, 0.2) is 0 Å². The van der Waals surface area contributed by atoms with E-state index in [1.807, 2.05) is 6.92 Å². The molecule has 0 fully saturated rings. The molecule has 2 heterocycles. The smallest absolute Gasteiger partial charge is 0.348 e. The number of methoxy groups -OCH3 is 1. The Morgan fingerprint density at radius 1 is 1.33 bits per heavy atom. The highest BCUT2D eigenvalue weighted by atomic mass is 32.1. The van der Waals surface area contributed by atoms with E-state index in [-0.39, 0.29) is 13.0 Å². The fourth-order valence-corrected chi connectivity index (χ4v) is 3.23. The first-order chi connectivity index (χ1) is 11.5. The van der Waals surface area contributed by atoms with Crippen molar-refractivity contribution in [3.63, 3.8) is 0 Å². The number of carboxylic acid groups (broad SMARTS) is 1. The second-order valence-corrected chi connectivity index (χ2v) is 6.13. The maximum absolute atomic E-state index is 12.2. The second-order valence-electron chi connectivity index (χ2n) is 5.13. The standard InChI is InChI=1S/C15H19N3O5S/c1-9-11-13(18(2)5-4-10(19)20)16-8-17-14(11)24-12(9)15(21)23-7-6-22-3/h8H,4-7H2,1-3H3,(H,19,20). The lowest BCUT2D eigenvalue weighted by molar-refractivity contribution is -0.136. The van der Waals surface area contributed by atoms with Crippen LogP contribution in [-0.4, -0.2) is 60.9 Å². The Kier molecular flexibility index (Phi) is 6.04. The Labute approximate surface area is 143 Å². The predicted molar refractivity (Wildman–Crippen MR) is 89.8 cm³/mol. The number of hydrogen-bond acceptors (Lipinski definition) is 8. The van der Waals surface area contributed by atoms with Crippen LogP contribution in [0.2, 0.25) is 0 Å². The van der Waals surface area contributed by atoms with E-state index in [0.717, 1.165) is 10.9 Å². The van der Waals surface area contributed by atoms with Gasteiger partial charge in [-0.25, -0.2) is 14.8 Å². The zero-order valence-electron chi connectivity index (χ0n) is 13.7. The van der Waals surface area contributed by atoms with Gasteiger partial charge in [0.25, 0.3) is 0 Å². The van der Waals surface area contributed by atoms with Crippen LogP contribution < -0.4 is 4.90 Å². The number of carbonyl (C=O) groups excluding carboxylic acids is 1. The molecule has 0 atom stereocenters. The lowest BCUT2D eigenvalue weighted by atomic mass is 10.2. The number of rotatable bonds is 8. The largest absolute Gasteiger partial charge is 0.481 e. The first-order valence-corrected chi connectivity index (χ1v) is 8.10. The Morgan fingerprint density at radius 2 is 2.08 bits per heavy atom. The highest BCUT2D eigenvalue weighted by Crippen LogP contribution is 2.34. The fourth-order valence-electron chi connectivity index (χ4n) is 2.19. The molecule has 0 bridgehead atoms. The first-order valence-electron chi connectivity index (χ1n) is 7.28. The van der Waals surface area contributed by atoms with Crippen LogP contribution in [-0.2, 0) is 14.3 Å². The van der Waals surface area contributed by atoms with Crippen molar-refractivity contribution in [3.05, 3.63) is 16.8 Å². The lowest BCUT2D eigenvalue weighted by Crippen LogP contribution is -2.22. The van der Waals surface area contributed by atoms with Crippen LogP contribution in [0.25, 0.3) is 10.2 Å². The number of esters is 1. The van der Waals surface area contributed by atoms with Crippen LogP contribution in [0.1, 0.15) is 21.7 Å². The second kappa shape index (κ2) is 8.02. The first kappa shape index (κ1) is 18.1. The Hall–Kier alpha value is -2.26. The summed E-state index contributed by atoms with van der Waals surface area (Å²) in [5.74, 6) is -0.700. The van der Waals surface area contributed by atoms with Gasteiger partial charge in [0.05, 0.1) is 18.4 Å². The van der Waals surface area contributed by atoms with Gasteiger partial charge in [0.1, 0.15) is 28.5 Å². The molecule has 0 aliphatic heterocycles. The van der Waals surface area contributed by atoms with Crippen molar-refractivity contribution in [2.45, 2.75) is 13.3 Å². The molecule has 130 valence electrons. The number of thiophene rings is 1. The van der Waals surface area contributed by atoms with Gasteiger partial charge in [0.2, 0.25) is 0 Å². The van der Waals surface area contributed by atoms with Gasteiger partial charge in [-0.05, 0) is 12.5 Å². The minimum Gasteiger partial charge on any atom is -0.481 e. The zero-order valence-corrected chi connectivity index (χ0v) is 14.6. The number of hydrogen-bond donors (Lipinski definition) is 1. The number of carbonyl (C=O) groups is 2. The summed E-state index contributed by atoms with van der Waals surface area (Å²) in [6.45, 7) is 2.63. The molecule has 1 N–H and O–H groups in total. The molecule has 2 aromatic heterocycles.